The first-order valence-corrected chi connectivity index (χ1v) is 6.65. The van der Waals surface area contributed by atoms with E-state index < -0.39 is 0 Å². The molecule has 0 bridgehead atoms. The van der Waals surface area contributed by atoms with Crippen LogP contribution in [0.1, 0.15) is 5.69 Å². The minimum Gasteiger partial charge on any atom is -0.364 e. The summed E-state index contributed by atoms with van der Waals surface area (Å²) >= 11 is 0. The lowest BCUT2D eigenvalue weighted by Gasteiger charge is -2.08. The highest BCUT2D eigenvalue weighted by molar-refractivity contribution is 5.90. The van der Waals surface area contributed by atoms with Gasteiger partial charge in [0.2, 0.25) is 5.91 Å². The predicted octanol–water partition coefficient (Wildman–Crippen LogP) is 1.69. The van der Waals surface area contributed by atoms with Crippen LogP contribution in [0, 0.1) is 0 Å². The number of nitrogens with one attached hydrogen (secondary N) is 3. The maximum Gasteiger partial charge on any atom is 0.239 e. The number of para-hydroxylation sites is 1. The molecule has 2 heterocycles. The maximum atomic E-state index is 11.8. The Morgan fingerprint density at radius 3 is 2.90 bits per heavy atom. The van der Waals surface area contributed by atoms with Crippen LogP contribution in [0.4, 0.5) is 5.82 Å². The summed E-state index contributed by atoms with van der Waals surface area (Å²) in [6.45, 7) is 0.653. The number of H-pyrrole nitrogens is 1. The summed E-state index contributed by atoms with van der Waals surface area (Å²) in [5.74, 6) is 0.572. The van der Waals surface area contributed by atoms with E-state index in [0.717, 1.165) is 16.6 Å². The number of aromatic amines is 1. The van der Waals surface area contributed by atoms with Gasteiger partial charge in [0.15, 0.2) is 0 Å². The normalized spacial score (nSPS) is 10.5. The maximum absolute atomic E-state index is 11.8. The van der Waals surface area contributed by atoms with E-state index in [1.165, 1.54) is 6.33 Å². The highest BCUT2D eigenvalue weighted by atomic mass is 16.1. The molecule has 0 fully saturated rings. The highest BCUT2D eigenvalue weighted by Gasteiger charge is 2.05. The summed E-state index contributed by atoms with van der Waals surface area (Å²) < 4.78 is 0. The van der Waals surface area contributed by atoms with Gasteiger partial charge in [0, 0.05) is 17.3 Å². The number of hydrogen-bond acceptors (Lipinski definition) is 4. The van der Waals surface area contributed by atoms with Crippen LogP contribution in [-0.4, -0.2) is 27.4 Å². The van der Waals surface area contributed by atoms with E-state index in [4.69, 9.17) is 0 Å². The average molecular weight is 281 g/mol. The fourth-order valence-electron chi connectivity index (χ4n) is 2.04. The minimum atomic E-state index is -0.0905. The van der Waals surface area contributed by atoms with Gasteiger partial charge in [-0.2, -0.15) is 0 Å². The molecular weight excluding hydrogens is 266 g/mol. The molecule has 21 heavy (non-hydrogen) atoms. The Morgan fingerprint density at radius 2 is 2.05 bits per heavy atom. The monoisotopic (exact) mass is 281 g/mol. The number of aromatic nitrogens is 3. The zero-order valence-electron chi connectivity index (χ0n) is 11.3. The largest absolute Gasteiger partial charge is 0.364 e. The Bertz CT molecular complexity index is 733. The lowest BCUT2D eigenvalue weighted by atomic mass is 10.2. The number of nitrogens with zero attached hydrogens (tertiary/aromatic N) is 2. The molecule has 0 aliphatic rings. The average Bonchev–Trinajstić information content (AvgIpc) is 3.04. The first kappa shape index (κ1) is 13.1. The van der Waals surface area contributed by atoms with Crippen molar-refractivity contribution in [3.63, 3.8) is 0 Å². The van der Waals surface area contributed by atoms with Crippen molar-refractivity contribution in [3.8, 4) is 0 Å². The van der Waals surface area contributed by atoms with Crippen LogP contribution >= 0.6 is 0 Å². The molecule has 3 N–H and O–H groups in total. The van der Waals surface area contributed by atoms with E-state index in [9.17, 15) is 4.79 Å². The second-order valence-electron chi connectivity index (χ2n) is 4.57. The molecule has 0 atom stereocenters. The molecule has 0 unspecified atom stereocenters. The van der Waals surface area contributed by atoms with E-state index >= 15 is 0 Å². The van der Waals surface area contributed by atoms with E-state index in [-0.39, 0.29) is 12.5 Å². The smallest absolute Gasteiger partial charge is 0.239 e. The highest BCUT2D eigenvalue weighted by Crippen LogP contribution is 2.17. The van der Waals surface area contributed by atoms with Gasteiger partial charge in [-0.3, -0.25) is 4.79 Å². The number of rotatable bonds is 5. The number of hydrogen-bond donors (Lipinski definition) is 3. The lowest BCUT2D eigenvalue weighted by molar-refractivity contribution is -0.119. The van der Waals surface area contributed by atoms with Crippen LogP contribution in [-0.2, 0) is 11.3 Å². The number of anilines is 1. The van der Waals surface area contributed by atoms with Gasteiger partial charge in [0.05, 0.1) is 18.6 Å². The van der Waals surface area contributed by atoms with E-state index in [1.54, 1.807) is 0 Å². The molecule has 3 aromatic rings. The van der Waals surface area contributed by atoms with Crippen LogP contribution in [0.25, 0.3) is 10.9 Å². The number of amides is 1. The van der Waals surface area contributed by atoms with Crippen molar-refractivity contribution >= 4 is 22.6 Å². The molecule has 0 radical (unpaired) electrons. The van der Waals surface area contributed by atoms with E-state index in [0.29, 0.717) is 12.4 Å². The van der Waals surface area contributed by atoms with Crippen molar-refractivity contribution in [2.24, 2.45) is 0 Å². The van der Waals surface area contributed by atoms with Crippen LogP contribution in [0.15, 0.2) is 48.9 Å². The van der Waals surface area contributed by atoms with Crippen molar-refractivity contribution < 1.29 is 4.79 Å². The Kier molecular flexibility index (Phi) is 3.77. The Balaban J connectivity index is 1.60. The van der Waals surface area contributed by atoms with Crippen molar-refractivity contribution in [2.75, 3.05) is 11.9 Å². The van der Waals surface area contributed by atoms with E-state index in [1.807, 2.05) is 42.6 Å². The SMILES string of the molecule is O=C(CNc1ncnc2ccccc12)NCc1ccc[nH]1. The summed E-state index contributed by atoms with van der Waals surface area (Å²) in [6, 6.07) is 11.5. The summed E-state index contributed by atoms with van der Waals surface area (Å²) in [6.07, 6.45) is 3.31. The minimum absolute atomic E-state index is 0.0905. The summed E-state index contributed by atoms with van der Waals surface area (Å²) in [5.41, 5.74) is 1.82. The summed E-state index contributed by atoms with van der Waals surface area (Å²) in [4.78, 5) is 23.2. The third-order valence-electron chi connectivity index (χ3n) is 3.10. The Morgan fingerprint density at radius 1 is 1.14 bits per heavy atom. The summed E-state index contributed by atoms with van der Waals surface area (Å²) in [5, 5.41) is 6.77. The standard InChI is InChI=1S/C15H15N5O/c21-14(17-8-11-4-3-7-16-11)9-18-15-12-5-1-2-6-13(12)19-10-20-15/h1-7,10,16H,8-9H2,(H,17,21)(H,18,19,20). The topological polar surface area (TPSA) is 82.7 Å². The number of carbonyl (C=O) groups excluding carboxylic acids is 1. The fraction of sp³-hybridized carbons (Fsp3) is 0.133. The van der Waals surface area contributed by atoms with Gasteiger partial charge in [-0.05, 0) is 24.3 Å². The Hall–Kier alpha value is -2.89. The fourth-order valence-corrected chi connectivity index (χ4v) is 2.04. The van der Waals surface area contributed by atoms with Gasteiger partial charge < -0.3 is 15.6 Å². The zero-order chi connectivity index (χ0) is 14.5. The molecule has 0 aliphatic carbocycles. The molecular formula is C15H15N5O. The second-order valence-corrected chi connectivity index (χ2v) is 4.57. The van der Waals surface area contributed by atoms with Crippen molar-refractivity contribution in [1.82, 2.24) is 20.3 Å². The number of benzene rings is 1. The van der Waals surface area contributed by atoms with Gasteiger partial charge in [-0.25, -0.2) is 9.97 Å². The molecule has 106 valence electrons. The number of carbonyl (C=O) groups is 1. The molecule has 6 nitrogen and oxygen atoms in total. The van der Waals surface area contributed by atoms with Crippen molar-refractivity contribution in [1.29, 1.82) is 0 Å². The van der Waals surface area contributed by atoms with Gasteiger partial charge in [-0.15, -0.1) is 0 Å². The van der Waals surface area contributed by atoms with Crippen LogP contribution in [0.3, 0.4) is 0 Å². The zero-order valence-corrected chi connectivity index (χ0v) is 11.3. The van der Waals surface area contributed by atoms with Gasteiger partial charge >= 0.3 is 0 Å². The molecule has 0 spiro atoms. The molecule has 1 amide bonds. The van der Waals surface area contributed by atoms with Gasteiger partial charge in [0.1, 0.15) is 12.1 Å². The molecule has 0 aliphatic heterocycles. The molecule has 0 saturated heterocycles. The Labute approximate surface area is 121 Å². The van der Waals surface area contributed by atoms with Gasteiger partial charge in [0.25, 0.3) is 0 Å². The molecule has 1 aromatic carbocycles. The first-order chi connectivity index (χ1) is 10.3. The summed E-state index contributed by atoms with van der Waals surface area (Å²) in [7, 11) is 0. The second kappa shape index (κ2) is 6.04. The van der Waals surface area contributed by atoms with Crippen molar-refractivity contribution in [2.45, 2.75) is 6.54 Å². The van der Waals surface area contributed by atoms with Crippen LogP contribution in [0.5, 0.6) is 0 Å². The number of fused-ring (bicyclic) bond motifs is 1. The lowest BCUT2D eigenvalue weighted by Crippen LogP contribution is -2.29. The molecule has 6 heteroatoms. The van der Waals surface area contributed by atoms with Crippen LogP contribution in [0.2, 0.25) is 0 Å². The van der Waals surface area contributed by atoms with E-state index in [2.05, 4.69) is 25.6 Å². The van der Waals surface area contributed by atoms with Gasteiger partial charge in [-0.1, -0.05) is 12.1 Å². The van der Waals surface area contributed by atoms with Crippen molar-refractivity contribution in [3.05, 3.63) is 54.6 Å². The molecule has 0 saturated carbocycles. The third kappa shape index (κ3) is 3.17. The predicted molar refractivity (Wildman–Crippen MR) is 80.7 cm³/mol. The third-order valence-corrected chi connectivity index (χ3v) is 3.10. The first-order valence-electron chi connectivity index (χ1n) is 6.65. The molecule has 2 aromatic heterocycles. The molecule has 3 rings (SSSR count). The quantitative estimate of drug-likeness (QED) is 0.664. The van der Waals surface area contributed by atoms with Crippen LogP contribution < -0.4 is 10.6 Å².